The van der Waals surface area contributed by atoms with Crippen LogP contribution in [-0.4, -0.2) is 21.2 Å². The van der Waals surface area contributed by atoms with E-state index in [1.165, 1.54) is 0 Å². The van der Waals surface area contributed by atoms with Crippen molar-refractivity contribution in [2.24, 2.45) is 5.41 Å². The second-order valence-corrected chi connectivity index (χ2v) is 6.84. The summed E-state index contributed by atoms with van der Waals surface area (Å²) in [6.07, 6.45) is 2.32. The van der Waals surface area contributed by atoms with E-state index in [4.69, 9.17) is 4.98 Å². The number of H-pyrrole nitrogens is 1. The van der Waals surface area contributed by atoms with E-state index in [9.17, 15) is 9.90 Å². The second-order valence-electron chi connectivity index (χ2n) is 6.84. The summed E-state index contributed by atoms with van der Waals surface area (Å²) in [5.41, 5.74) is 0.732. The number of carboxylic acid groups (broad SMARTS) is 1. The molecular weight excluding hydrogens is 290 g/mol. The molecule has 5 nitrogen and oxygen atoms in total. The third-order valence-electron chi connectivity index (χ3n) is 4.28. The normalized spacial score (nSPS) is 14.3. The maximum absolute atomic E-state index is 11.4. The van der Waals surface area contributed by atoms with Gasteiger partial charge in [0.25, 0.3) is 0 Å². The molecule has 23 heavy (non-hydrogen) atoms. The van der Waals surface area contributed by atoms with Gasteiger partial charge in [-0.25, -0.2) is 9.78 Å². The molecule has 1 atom stereocenters. The van der Waals surface area contributed by atoms with Crippen LogP contribution in [-0.2, 0) is 5.54 Å². The molecule has 1 amide bonds. The van der Waals surface area contributed by atoms with Crippen molar-refractivity contribution in [1.29, 1.82) is 0 Å². The van der Waals surface area contributed by atoms with Crippen molar-refractivity contribution >= 4 is 6.09 Å². The van der Waals surface area contributed by atoms with Crippen LogP contribution in [0.15, 0.2) is 36.5 Å². The number of aromatic amines is 1. The molecule has 5 heteroatoms. The summed E-state index contributed by atoms with van der Waals surface area (Å²) in [5.74, 6) is 0.660. The number of amides is 1. The molecule has 0 spiro atoms. The van der Waals surface area contributed by atoms with E-state index in [2.05, 4.69) is 10.3 Å². The third kappa shape index (κ3) is 3.38. The SMILES string of the molecule is CCCC(NC(=O)O)(c1nc(-c2ccccc2)c[nH]1)C(C)(C)C. The lowest BCUT2D eigenvalue weighted by molar-refractivity contribution is 0.101. The van der Waals surface area contributed by atoms with Crippen LogP contribution in [0.25, 0.3) is 11.3 Å². The van der Waals surface area contributed by atoms with Crippen LogP contribution in [0.2, 0.25) is 0 Å². The number of nitrogens with zero attached hydrogens (tertiary/aromatic N) is 1. The number of nitrogens with one attached hydrogen (secondary N) is 2. The zero-order chi connectivity index (χ0) is 17.1. The largest absolute Gasteiger partial charge is 0.465 e. The first-order valence-electron chi connectivity index (χ1n) is 7.92. The molecule has 1 aromatic carbocycles. The van der Waals surface area contributed by atoms with Gasteiger partial charge in [-0.3, -0.25) is 0 Å². The molecule has 0 saturated carbocycles. The first kappa shape index (κ1) is 17.1. The van der Waals surface area contributed by atoms with Gasteiger partial charge in [-0.1, -0.05) is 64.4 Å². The number of benzene rings is 1. The highest BCUT2D eigenvalue weighted by Crippen LogP contribution is 2.42. The van der Waals surface area contributed by atoms with E-state index in [-0.39, 0.29) is 5.41 Å². The molecule has 1 unspecified atom stereocenters. The van der Waals surface area contributed by atoms with Crippen molar-refractivity contribution < 1.29 is 9.90 Å². The summed E-state index contributed by atoms with van der Waals surface area (Å²) in [6.45, 7) is 8.14. The average Bonchev–Trinajstić information content (AvgIpc) is 2.96. The van der Waals surface area contributed by atoms with Crippen LogP contribution in [0.1, 0.15) is 46.4 Å². The quantitative estimate of drug-likeness (QED) is 0.766. The molecule has 1 aromatic heterocycles. The molecule has 0 aliphatic rings. The Kier molecular flexibility index (Phi) is 4.78. The van der Waals surface area contributed by atoms with Gasteiger partial charge in [-0.15, -0.1) is 0 Å². The molecule has 1 heterocycles. The molecule has 0 radical (unpaired) electrons. The minimum atomic E-state index is -1.04. The monoisotopic (exact) mass is 315 g/mol. The summed E-state index contributed by atoms with van der Waals surface area (Å²) in [6, 6.07) is 9.86. The molecule has 0 fully saturated rings. The molecule has 0 aliphatic carbocycles. The number of hydrogen-bond acceptors (Lipinski definition) is 2. The van der Waals surface area contributed by atoms with Crippen LogP contribution < -0.4 is 5.32 Å². The summed E-state index contributed by atoms with van der Waals surface area (Å²) in [4.78, 5) is 19.3. The Bertz CT molecular complexity index is 658. The van der Waals surface area contributed by atoms with E-state index in [0.29, 0.717) is 12.2 Å². The van der Waals surface area contributed by atoms with Gasteiger partial charge in [-0.2, -0.15) is 0 Å². The Morgan fingerprint density at radius 3 is 2.43 bits per heavy atom. The van der Waals surface area contributed by atoms with E-state index >= 15 is 0 Å². The lowest BCUT2D eigenvalue weighted by atomic mass is 9.70. The molecule has 124 valence electrons. The average molecular weight is 315 g/mol. The molecule has 3 N–H and O–H groups in total. The van der Waals surface area contributed by atoms with Crippen LogP contribution in [0, 0.1) is 5.41 Å². The second kappa shape index (κ2) is 6.44. The lowest BCUT2D eigenvalue weighted by Gasteiger charge is -2.43. The Labute approximate surface area is 137 Å². The smallest absolute Gasteiger partial charge is 0.405 e. The Morgan fingerprint density at radius 1 is 1.26 bits per heavy atom. The molecule has 0 saturated heterocycles. The van der Waals surface area contributed by atoms with Crippen molar-refractivity contribution in [3.8, 4) is 11.3 Å². The van der Waals surface area contributed by atoms with Crippen molar-refractivity contribution in [3.63, 3.8) is 0 Å². The topological polar surface area (TPSA) is 78.0 Å². The minimum Gasteiger partial charge on any atom is -0.465 e. The number of carbonyl (C=O) groups is 1. The summed E-state index contributed by atoms with van der Waals surface area (Å²) < 4.78 is 0. The number of aromatic nitrogens is 2. The third-order valence-corrected chi connectivity index (χ3v) is 4.28. The maximum atomic E-state index is 11.4. The Hall–Kier alpha value is -2.30. The predicted molar refractivity (Wildman–Crippen MR) is 91.2 cm³/mol. The van der Waals surface area contributed by atoms with Crippen molar-refractivity contribution in [1.82, 2.24) is 15.3 Å². The minimum absolute atomic E-state index is 0.326. The Balaban J connectivity index is 2.51. The van der Waals surface area contributed by atoms with Crippen molar-refractivity contribution in [3.05, 3.63) is 42.4 Å². The van der Waals surface area contributed by atoms with Gasteiger partial charge in [0.1, 0.15) is 11.4 Å². The molecular formula is C18H25N3O2. The van der Waals surface area contributed by atoms with E-state index in [1.54, 1.807) is 0 Å². The highest BCUT2D eigenvalue weighted by Gasteiger charge is 2.46. The summed E-state index contributed by atoms with van der Waals surface area (Å²) in [5, 5.41) is 12.1. The van der Waals surface area contributed by atoms with Gasteiger partial charge in [0, 0.05) is 11.8 Å². The van der Waals surface area contributed by atoms with Gasteiger partial charge >= 0.3 is 6.09 Å². The molecule has 2 rings (SSSR count). The Morgan fingerprint density at radius 2 is 1.91 bits per heavy atom. The fraction of sp³-hybridized carbons (Fsp3) is 0.444. The van der Waals surface area contributed by atoms with Crippen LogP contribution in [0.5, 0.6) is 0 Å². The number of hydrogen-bond donors (Lipinski definition) is 3. The van der Waals surface area contributed by atoms with Gasteiger partial charge in [-0.05, 0) is 11.8 Å². The maximum Gasteiger partial charge on any atom is 0.405 e. The van der Waals surface area contributed by atoms with Crippen molar-refractivity contribution in [2.75, 3.05) is 0 Å². The predicted octanol–water partition coefficient (Wildman–Crippen LogP) is 4.39. The van der Waals surface area contributed by atoms with Gasteiger partial charge < -0.3 is 15.4 Å². The fourth-order valence-electron chi connectivity index (χ4n) is 3.01. The highest BCUT2D eigenvalue weighted by molar-refractivity contribution is 5.66. The first-order chi connectivity index (χ1) is 10.8. The summed E-state index contributed by atoms with van der Waals surface area (Å²) in [7, 11) is 0. The van der Waals surface area contributed by atoms with Gasteiger partial charge in [0.05, 0.1) is 5.69 Å². The fourth-order valence-corrected chi connectivity index (χ4v) is 3.01. The van der Waals surface area contributed by atoms with E-state index in [0.717, 1.165) is 17.7 Å². The van der Waals surface area contributed by atoms with E-state index < -0.39 is 11.6 Å². The molecule has 0 aliphatic heterocycles. The van der Waals surface area contributed by atoms with Crippen molar-refractivity contribution in [2.45, 2.75) is 46.1 Å². The van der Waals surface area contributed by atoms with Crippen LogP contribution in [0.4, 0.5) is 4.79 Å². The number of rotatable bonds is 5. The summed E-state index contributed by atoms with van der Waals surface area (Å²) >= 11 is 0. The van der Waals surface area contributed by atoms with Crippen LogP contribution in [0.3, 0.4) is 0 Å². The van der Waals surface area contributed by atoms with Gasteiger partial charge in [0.2, 0.25) is 0 Å². The number of imidazole rings is 1. The highest BCUT2D eigenvalue weighted by atomic mass is 16.4. The molecule has 2 aromatic rings. The first-order valence-corrected chi connectivity index (χ1v) is 7.92. The van der Waals surface area contributed by atoms with Gasteiger partial charge in [0.15, 0.2) is 0 Å². The standard InChI is InChI=1S/C18H25N3O2/c1-5-11-18(17(2,3)4,21-16(22)23)15-19-12-14(20-15)13-9-7-6-8-10-13/h6-10,12,21H,5,11H2,1-4H3,(H,19,20)(H,22,23). The van der Waals surface area contributed by atoms with E-state index in [1.807, 2.05) is 64.2 Å². The zero-order valence-corrected chi connectivity index (χ0v) is 14.2. The molecule has 0 bridgehead atoms. The van der Waals surface area contributed by atoms with Crippen LogP contribution >= 0.6 is 0 Å². The zero-order valence-electron chi connectivity index (χ0n) is 14.2. The lowest BCUT2D eigenvalue weighted by Crippen LogP contribution is -2.54.